The van der Waals surface area contributed by atoms with Gasteiger partial charge in [0.05, 0.1) is 36.5 Å². The summed E-state index contributed by atoms with van der Waals surface area (Å²) in [5, 5.41) is 3.77. The number of nitrogens with one attached hydrogen (secondary N) is 1. The molecule has 204 valence electrons. The van der Waals surface area contributed by atoms with E-state index in [1.807, 2.05) is 0 Å². The number of carbonyl (C=O) groups excluding carboxylic acids is 1. The van der Waals surface area contributed by atoms with Crippen LogP contribution in [0.15, 0.2) is 57.7 Å². The van der Waals surface area contributed by atoms with Crippen molar-refractivity contribution in [3.8, 4) is 5.75 Å². The Hall–Kier alpha value is -4.48. The first-order valence-electron chi connectivity index (χ1n) is 12.1. The van der Waals surface area contributed by atoms with Crippen LogP contribution < -0.4 is 20.5 Å². The van der Waals surface area contributed by atoms with E-state index in [2.05, 4.69) is 10.3 Å². The molecule has 0 unspecified atom stereocenters. The molecule has 9 nitrogen and oxygen atoms in total. The Morgan fingerprint density at radius 2 is 1.87 bits per heavy atom. The third-order valence-electron chi connectivity index (χ3n) is 6.68. The van der Waals surface area contributed by atoms with Gasteiger partial charge in [-0.15, -0.1) is 4.73 Å². The first-order chi connectivity index (χ1) is 18.6. The van der Waals surface area contributed by atoms with E-state index in [9.17, 15) is 22.8 Å². The van der Waals surface area contributed by atoms with Gasteiger partial charge in [-0.1, -0.05) is 12.1 Å². The predicted octanol–water partition coefficient (Wildman–Crippen LogP) is 4.45. The summed E-state index contributed by atoms with van der Waals surface area (Å²) < 4.78 is 50.6. The Balaban J connectivity index is 1.37. The van der Waals surface area contributed by atoms with E-state index < -0.39 is 23.3 Å². The lowest BCUT2D eigenvalue weighted by molar-refractivity contribution is -0.137. The standard InChI is InChI=1S/C27H25F3N4O5/c1-15(16-4-6-18(7-5-16)27(28,29)30)31-26-32-21-10-11-33(14-20(21)24(35)34(26)38-3)25(36)23-13-17-12-19(37-2)8-9-22(17)39-23/h4-9,12-13,15H,10-11,14H2,1-3H3,(H,31,32)/t15-/m0/s1. The van der Waals surface area contributed by atoms with Gasteiger partial charge in [0.15, 0.2) is 5.76 Å². The number of hydrogen-bond acceptors (Lipinski definition) is 7. The van der Waals surface area contributed by atoms with Gasteiger partial charge in [-0.05, 0) is 48.9 Å². The van der Waals surface area contributed by atoms with Gasteiger partial charge in [0.25, 0.3) is 11.5 Å². The number of anilines is 1. The Kier molecular flexibility index (Phi) is 6.71. The van der Waals surface area contributed by atoms with Crippen molar-refractivity contribution < 1.29 is 32.0 Å². The van der Waals surface area contributed by atoms with Crippen LogP contribution in [0.3, 0.4) is 0 Å². The molecule has 4 aromatic rings. The maximum absolute atomic E-state index is 13.3. The zero-order valence-electron chi connectivity index (χ0n) is 21.3. The summed E-state index contributed by atoms with van der Waals surface area (Å²) in [5.41, 5.74) is 0.684. The molecule has 12 heteroatoms. The number of carbonyl (C=O) groups is 1. The van der Waals surface area contributed by atoms with Gasteiger partial charge < -0.3 is 24.2 Å². The maximum Gasteiger partial charge on any atom is 0.416 e. The van der Waals surface area contributed by atoms with E-state index in [0.717, 1.165) is 22.2 Å². The molecule has 1 aliphatic heterocycles. The lowest BCUT2D eigenvalue weighted by Gasteiger charge is -2.28. The molecule has 2 aromatic heterocycles. The summed E-state index contributed by atoms with van der Waals surface area (Å²) in [5.74, 6) is 0.528. The van der Waals surface area contributed by atoms with Crippen LogP contribution in [0, 0.1) is 0 Å². The lowest BCUT2D eigenvalue weighted by Crippen LogP contribution is -2.42. The van der Waals surface area contributed by atoms with Gasteiger partial charge in [-0.3, -0.25) is 9.59 Å². The predicted molar refractivity (Wildman–Crippen MR) is 136 cm³/mol. The van der Waals surface area contributed by atoms with Crippen molar-refractivity contribution in [3.63, 3.8) is 0 Å². The second-order valence-electron chi connectivity index (χ2n) is 9.12. The molecule has 39 heavy (non-hydrogen) atoms. The summed E-state index contributed by atoms with van der Waals surface area (Å²) in [6.45, 7) is 2.06. The Morgan fingerprint density at radius 1 is 1.13 bits per heavy atom. The molecular formula is C27H25F3N4O5. The van der Waals surface area contributed by atoms with Crippen molar-refractivity contribution >= 4 is 22.8 Å². The number of halogens is 3. The average molecular weight is 543 g/mol. The number of hydrogen-bond donors (Lipinski definition) is 1. The molecule has 0 aliphatic carbocycles. The first-order valence-corrected chi connectivity index (χ1v) is 12.1. The molecule has 1 N–H and O–H groups in total. The third kappa shape index (κ3) is 5.01. The van der Waals surface area contributed by atoms with Crippen LogP contribution in [0.5, 0.6) is 5.75 Å². The Morgan fingerprint density at radius 3 is 2.54 bits per heavy atom. The van der Waals surface area contributed by atoms with E-state index >= 15 is 0 Å². The number of alkyl halides is 3. The number of methoxy groups -OCH3 is 1. The fourth-order valence-electron chi connectivity index (χ4n) is 4.54. The van der Waals surface area contributed by atoms with Gasteiger partial charge in [0, 0.05) is 18.4 Å². The summed E-state index contributed by atoms with van der Waals surface area (Å²) >= 11 is 0. The number of rotatable bonds is 6. The summed E-state index contributed by atoms with van der Waals surface area (Å²) in [6.07, 6.45) is -4.11. The fraction of sp³-hybridized carbons (Fsp3) is 0.296. The minimum absolute atomic E-state index is 0.0124. The molecule has 0 fully saturated rings. The number of nitrogens with zero attached hydrogens (tertiary/aromatic N) is 3. The summed E-state index contributed by atoms with van der Waals surface area (Å²) in [4.78, 5) is 37.9. The van der Waals surface area contributed by atoms with Crippen LogP contribution in [-0.2, 0) is 19.1 Å². The number of aromatic nitrogens is 2. The topological polar surface area (TPSA) is 98.8 Å². The first kappa shape index (κ1) is 26.1. The molecular weight excluding hydrogens is 517 g/mol. The van der Waals surface area contributed by atoms with Crippen LogP contribution >= 0.6 is 0 Å². The second kappa shape index (κ2) is 10.0. The number of benzene rings is 2. The minimum atomic E-state index is -4.43. The highest BCUT2D eigenvalue weighted by molar-refractivity contribution is 5.96. The monoisotopic (exact) mass is 542 g/mol. The maximum atomic E-state index is 13.3. The smallest absolute Gasteiger partial charge is 0.416 e. The van der Waals surface area contributed by atoms with Crippen LogP contribution in [0.1, 0.15) is 45.9 Å². The number of ether oxygens (including phenoxy) is 1. The summed E-state index contributed by atoms with van der Waals surface area (Å²) in [6, 6.07) is 11.1. The highest BCUT2D eigenvalue weighted by Gasteiger charge is 2.31. The lowest BCUT2D eigenvalue weighted by atomic mass is 10.1. The largest absolute Gasteiger partial charge is 0.497 e. The summed E-state index contributed by atoms with van der Waals surface area (Å²) in [7, 11) is 2.85. The van der Waals surface area contributed by atoms with Gasteiger partial charge in [-0.2, -0.15) is 13.2 Å². The molecule has 0 saturated heterocycles. The van der Waals surface area contributed by atoms with Gasteiger partial charge >= 0.3 is 6.18 Å². The zero-order valence-corrected chi connectivity index (χ0v) is 21.3. The molecule has 1 aliphatic rings. The SMILES string of the molecule is COc1ccc2oc(C(=O)N3CCc4nc(N[C@@H](C)c5ccc(C(F)(F)F)cc5)n(OC)c(=O)c4C3)cc2c1. The average Bonchev–Trinajstić information content (AvgIpc) is 3.35. The third-order valence-corrected chi connectivity index (χ3v) is 6.68. The highest BCUT2D eigenvalue weighted by Crippen LogP contribution is 2.31. The van der Waals surface area contributed by atoms with Crippen molar-refractivity contribution in [2.24, 2.45) is 0 Å². The van der Waals surface area contributed by atoms with Crippen LogP contribution in [0.4, 0.5) is 19.1 Å². The molecule has 2 aromatic carbocycles. The molecule has 3 heterocycles. The van der Waals surface area contributed by atoms with Gasteiger partial charge in [-0.25, -0.2) is 4.98 Å². The van der Waals surface area contributed by atoms with Crippen molar-refractivity contribution in [2.75, 3.05) is 26.1 Å². The molecule has 0 radical (unpaired) electrons. The number of amides is 1. The highest BCUT2D eigenvalue weighted by atomic mass is 19.4. The van der Waals surface area contributed by atoms with E-state index in [4.69, 9.17) is 14.0 Å². The van der Waals surface area contributed by atoms with E-state index in [-0.39, 0.29) is 24.2 Å². The molecule has 5 rings (SSSR count). The van der Waals surface area contributed by atoms with Crippen molar-refractivity contribution in [1.82, 2.24) is 14.6 Å². The number of furan rings is 1. The molecule has 0 spiro atoms. The van der Waals surface area contributed by atoms with Gasteiger partial charge in [0.2, 0.25) is 5.95 Å². The Bertz CT molecular complexity index is 1590. The van der Waals surface area contributed by atoms with Crippen LogP contribution in [-0.4, -0.2) is 41.3 Å². The van der Waals surface area contributed by atoms with Crippen molar-refractivity contribution in [1.29, 1.82) is 0 Å². The van der Waals surface area contributed by atoms with E-state index in [1.54, 1.807) is 38.3 Å². The van der Waals surface area contributed by atoms with Crippen molar-refractivity contribution in [2.45, 2.75) is 32.1 Å². The van der Waals surface area contributed by atoms with E-state index in [1.165, 1.54) is 24.1 Å². The van der Waals surface area contributed by atoms with Crippen molar-refractivity contribution in [3.05, 3.63) is 87.0 Å². The molecule has 1 amide bonds. The molecule has 0 saturated carbocycles. The van der Waals surface area contributed by atoms with Gasteiger partial charge in [0.1, 0.15) is 18.4 Å². The second-order valence-corrected chi connectivity index (χ2v) is 9.12. The minimum Gasteiger partial charge on any atom is -0.497 e. The van der Waals surface area contributed by atoms with Crippen LogP contribution in [0.25, 0.3) is 11.0 Å². The molecule has 1 atom stereocenters. The zero-order chi connectivity index (χ0) is 27.9. The Labute approximate surface area is 220 Å². The van der Waals surface area contributed by atoms with E-state index in [0.29, 0.717) is 41.1 Å². The quantitative estimate of drug-likeness (QED) is 0.385. The molecule has 0 bridgehead atoms. The fourth-order valence-corrected chi connectivity index (χ4v) is 4.54. The normalized spacial score (nSPS) is 14.2. The number of fused-ring (bicyclic) bond motifs is 2. The van der Waals surface area contributed by atoms with Crippen LogP contribution in [0.2, 0.25) is 0 Å².